The minimum atomic E-state index is -4.28. The molecule has 0 radical (unpaired) electrons. The van der Waals surface area contributed by atoms with Crippen molar-refractivity contribution in [2.24, 2.45) is 5.73 Å². The van der Waals surface area contributed by atoms with Gasteiger partial charge in [0.25, 0.3) is 10.1 Å². The first-order valence-electron chi connectivity index (χ1n) is 3.49. The molecule has 0 aromatic heterocycles. The van der Waals surface area contributed by atoms with Crippen molar-refractivity contribution in [1.29, 1.82) is 0 Å². The van der Waals surface area contributed by atoms with Crippen LogP contribution in [0.1, 0.15) is 0 Å². The van der Waals surface area contributed by atoms with Crippen molar-refractivity contribution in [3.63, 3.8) is 0 Å². The van der Waals surface area contributed by atoms with Crippen LogP contribution in [0.25, 0.3) is 0 Å². The lowest BCUT2D eigenvalue weighted by Crippen LogP contribution is -2.03. The molecule has 1 rings (SSSR count). The molecule has 0 aliphatic carbocycles. The first-order chi connectivity index (χ1) is 6.75. The van der Waals surface area contributed by atoms with Gasteiger partial charge in [-0.1, -0.05) is 12.1 Å². The zero-order chi connectivity index (χ0) is 12.1. The number of benzene rings is 1. The average molecular weight is 235 g/mol. The van der Waals surface area contributed by atoms with E-state index in [1.807, 2.05) is 0 Å². The maximum atomic E-state index is 10.4. The Balaban J connectivity index is 0.000000423. The molecule has 5 N–H and O–H groups in total. The summed E-state index contributed by atoms with van der Waals surface area (Å²) in [6, 6.07) is 5.17. The maximum Gasteiger partial charge on any atom is 0.402 e. The molecular weight excluding hydrogens is 226 g/mol. The fraction of sp³-hybridized carbons (Fsp3) is 0. The number of hydrogen-bond donors (Lipinski definition) is 4. The predicted octanol–water partition coefficient (Wildman–Crippen LogP) is 0.262. The van der Waals surface area contributed by atoms with Crippen molar-refractivity contribution >= 4 is 16.2 Å². The van der Waals surface area contributed by atoms with E-state index in [-0.39, 0.29) is 0 Å². The quantitative estimate of drug-likeness (QED) is 0.515. The van der Waals surface area contributed by atoms with Gasteiger partial charge in [-0.3, -0.25) is 4.55 Å². The predicted molar refractivity (Wildman–Crippen MR) is 50.1 cm³/mol. The van der Waals surface area contributed by atoms with E-state index in [2.05, 4.69) is 5.73 Å². The molecule has 0 bridgehead atoms. The highest BCUT2D eigenvalue weighted by molar-refractivity contribution is 7.86. The molecule has 0 aliphatic rings. The topological polar surface area (TPSA) is 138 Å². The van der Waals surface area contributed by atoms with Crippen molar-refractivity contribution in [3.8, 4) is 5.75 Å². The van der Waals surface area contributed by atoms with Crippen LogP contribution in [-0.2, 0) is 10.1 Å². The van der Waals surface area contributed by atoms with Crippen LogP contribution >= 0.6 is 0 Å². The molecule has 0 unspecified atom stereocenters. The smallest absolute Gasteiger partial charge is 0.402 e. The van der Waals surface area contributed by atoms with Crippen LogP contribution in [0.5, 0.6) is 5.75 Å². The third-order valence-electron chi connectivity index (χ3n) is 1.14. The summed E-state index contributed by atoms with van der Waals surface area (Å²) in [7, 11) is -4.28. The van der Waals surface area contributed by atoms with Crippen LogP contribution in [0, 0.1) is 0 Å². The van der Waals surface area contributed by atoms with Crippen LogP contribution in [0.3, 0.4) is 0 Å². The summed E-state index contributed by atoms with van der Waals surface area (Å²) in [5, 5.41) is 16.1. The minimum absolute atomic E-state index is 0.449. The number of carboxylic acid groups (broad SMARTS) is 1. The lowest BCUT2D eigenvalue weighted by atomic mass is 10.3. The summed E-state index contributed by atoms with van der Waals surface area (Å²) in [6.45, 7) is 0. The molecular formula is C7H9NO6S. The number of phenolic OH excluding ortho intramolecular Hbond substituents is 1. The van der Waals surface area contributed by atoms with Gasteiger partial charge in [0.1, 0.15) is 10.6 Å². The molecule has 0 saturated carbocycles. The van der Waals surface area contributed by atoms with Crippen molar-refractivity contribution in [3.05, 3.63) is 24.3 Å². The van der Waals surface area contributed by atoms with Crippen LogP contribution in [0.4, 0.5) is 4.79 Å². The van der Waals surface area contributed by atoms with Crippen molar-refractivity contribution in [2.45, 2.75) is 4.90 Å². The van der Waals surface area contributed by atoms with Gasteiger partial charge >= 0.3 is 6.09 Å². The van der Waals surface area contributed by atoms with Gasteiger partial charge in [0.15, 0.2) is 0 Å². The molecule has 84 valence electrons. The Morgan fingerprint density at radius 3 is 1.93 bits per heavy atom. The number of carbonyl (C=O) groups is 1. The van der Waals surface area contributed by atoms with E-state index in [0.717, 1.165) is 6.07 Å². The largest absolute Gasteiger partial charge is 0.506 e. The Morgan fingerprint density at radius 1 is 1.27 bits per heavy atom. The number of hydrogen-bond acceptors (Lipinski definition) is 4. The molecule has 0 heterocycles. The lowest BCUT2D eigenvalue weighted by Gasteiger charge is -1.97. The van der Waals surface area contributed by atoms with E-state index in [9.17, 15) is 8.42 Å². The molecule has 0 fully saturated rings. The Morgan fingerprint density at radius 2 is 1.67 bits per heavy atom. The number of amides is 1. The fourth-order valence-electron chi connectivity index (χ4n) is 0.675. The third-order valence-corrected chi connectivity index (χ3v) is 2.04. The van der Waals surface area contributed by atoms with Gasteiger partial charge in [0.05, 0.1) is 0 Å². The number of phenols is 1. The molecule has 7 nitrogen and oxygen atoms in total. The standard InChI is InChI=1S/C6H6O4S.CH3NO2/c7-5-3-1-2-4-6(5)11(8,9)10;2-1(3)4/h1-4,7H,(H,8,9,10);2H2,(H,3,4). The number of aromatic hydroxyl groups is 1. The van der Waals surface area contributed by atoms with Crippen LogP contribution in [-0.4, -0.2) is 29.3 Å². The SMILES string of the molecule is NC(=O)O.O=S(=O)(O)c1ccccc1O. The van der Waals surface area contributed by atoms with Crippen molar-refractivity contribution in [1.82, 2.24) is 0 Å². The molecule has 0 spiro atoms. The summed E-state index contributed by atoms with van der Waals surface area (Å²) in [6.07, 6.45) is -1.33. The Bertz CT molecular complexity index is 437. The van der Waals surface area contributed by atoms with Gasteiger partial charge in [-0.05, 0) is 12.1 Å². The molecule has 0 atom stereocenters. The summed E-state index contributed by atoms with van der Waals surface area (Å²) in [4.78, 5) is 8.31. The zero-order valence-corrected chi connectivity index (χ0v) is 8.18. The number of para-hydroxylation sites is 1. The Labute approximate surface area is 85.5 Å². The molecule has 15 heavy (non-hydrogen) atoms. The normalized spacial score (nSPS) is 9.93. The first-order valence-corrected chi connectivity index (χ1v) is 4.93. The number of primary amides is 1. The van der Waals surface area contributed by atoms with Crippen molar-refractivity contribution in [2.75, 3.05) is 0 Å². The second kappa shape index (κ2) is 5.17. The van der Waals surface area contributed by atoms with Gasteiger partial charge in [0, 0.05) is 0 Å². The molecule has 1 aromatic carbocycles. The lowest BCUT2D eigenvalue weighted by molar-refractivity contribution is 0.205. The van der Waals surface area contributed by atoms with E-state index in [4.69, 9.17) is 19.6 Å². The van der Waals surface area contributed by atoms with E-state index in [0.29, 0.717) is 0 Å². The molecule has 8 heteroatoms. The maximum absolute atomic E-state index is 10.4. The van der Waals surface area contributed by atoms with E-state index >= 15 is 0 Å². The van der Waals surface area contributed by atoms with Gasteiger partial charge < -0.3 is 15.9 Å². The van der Waals surface area contributed by atoms with Gasteiger partial charge in [-0.25, -0.2) is 4.79 Å². The minimum Gasteiger partial charge on any atom is -0.506 e. The molecule has 1 aromatic rings. The summed E-state index contributed by atoms with van der Waals surface area (Å²) in [5.41, 5.74) is 4.03. The van der Waals surface area contributed by atoms with Crippen LogP contribution in [0.2, 0.25) is 0 Å². The molecule has 0 saturated heterocycles. The first kappa shape index (κ1) is 13.2. The van der Waals surface area contributed by atoms with Gasteiger partial charge in [-0.2, -0.15) is 8.42 Å². The Hall–Kier alpha value is -1.80. The second-order valence-electron chi connectivity index (χ2n) is 2.28. The summed E-state index contributed by atoms with van der Waals surface area (Å²) in [5.74, 6) is -0.449. The van der Waals surface area contributed by atoms with E-state index in [1.54, 1.807) is 0 Å². The zero-order valence-electron chi connectivity index (χ0n) is 7.36. The van der Waals surface area contributed by atoms with Gasteiger partial charge in [0.2, 0.25) is 0 Å². The average Bonchev–Trinajstić information content (AvgIpc) is 2.01. The van der Waals surface area contributed by atoms with Gasteiger partial charge in [-0.15, -0.1) is 0 Å². The summed E-state index contributed by atoms with van der Waals surface area (Å²) < 4.78 is 29.4. The van der Waals surface area contributed by atoms with Crippen molar-refractivity contribution < 1.29 is 28.0 Å². The van der Waals surface area contributed by atoms with E-state index in [1.165, 1.54) is 18.2 Å². The number of nitrogens with two attached hydrogens (primary N) is 1. The van der Waals surface area contributed by atoms with E-state index < -0.39 is 26.9 Å². The summed E-state index contributed by atoms with van der Waals surface area (Å²) >= 11 is 0. The van der Waals surface area contributed by atoms with Crippen LogP contribution < -0.4 is 5.73 Å². The Kier molecular flexibility index (Phi) is 4.55. The molecule has 0 aliphatic heterocycles. The fourth-order valence-corrected chi connectivity index (χ4v) is 1.26. The highest BCUT2D eigenvalue weighted by Gasteiger charge is 2.12. The number of rotatable bonds is 1. The highest BCUT2D eigenvalue weighted by Crippen LogP contribution is 2.20. The monoisotopic (exact) mass is 235 g/mol. The molecule has 1 amide bonds. The highest BCUT2D eigenvalue weighted by atomic mass is 32.2. The third kappa shape index (κ3) is 5.49. The van der Waals surface area contributed by atoms with Crippen LogP contribution in [0.15, 0.2) is 29.2 Å². The second-order valence-corrected chi connectivity index (χ2v) is 3.67.